The Hall–Kier alpha value is -0.540. The van der Waals surface area contributed by atoms with E-state index in [0.717, 1.165) is 36.3 Å². The van der Waals surface area contributed by atoms with Gasteiger partial charge in [0.25, 0.3) is 0 Å². The lowest BCUT2D eigenvalue weighted by Crippen LogP contribution is -2.13. The van der Waals surface area contributed by atoms with E-state index >= 15 is 0 Å². The Morgan fingerprint density at radius 2 is 2.13 bits per heavy atom. The number of nitrogens with one attached hydrogen (secondary N) is 1. The van der Waals surface area contributed by atoms with Crippen LogP contribution in [0.5, 0.6) is 5.75 Å². The molecular formula is C12H18BrNO. The number of rotatable bonds is 6. The fourth-order valence-corrected chi connectivity index (χ4v) is 1.84. The van der Waals surface area contributed by atoms with Gasteiger partial charge in [0, 0.05) is 12.1 Å². The van der Waals surface area contributed by atoms with E-state index < -0.39 is 0 Å². The van der Waals surface area contributed by atoms with Crippen LogP contribution < -0.4 is 10.1 Å². The van der Waals surface area contributed by atoms with Gasteiger partial charge < -0.3 is 10.1 Å². The predicted molar refractivity (Wildman–Crippen MR) is 67.3 cm³/mol. The van der Waals surface area contributed by atoms with Gasteiger partial charge in [-0.05, 0) is 35.0 Å². The fraction of sp³-hybridized carbons (Fsp3) is 0.500. The van der Waals surface area contributed by atoms with Crippen molar-refractivity contribution in [1.29, 1.82) is 0 Å². The van der Waals surface area contributed by atoms with Crippen molar-refractivity contribution in [2.45, 2.75) is 26.8 Å². The van der Waals surface area contributed by atoms with Crippen molar-refractivity contribution in [3.05, 3.63) is 28.2 Å². The predicted octanol–water partition coefficient (Wildman–Crippen LogP) is 3.35. The molecule has 1 aromatic carbocycles. The molecule has 0 amide bonds. The van der Waals surface area contributed by atoms with Crippen molar-refractivity contribution in [1.82, 2.24) is 5.32 Å². The van der Waals surface area contributed by atoms with Crippen molar-refractivity contribution >= 4 is 15.9 Å². The molecule has 1 rings (SSSR count). The Kier molecular flexibility index (Phi) is 5.73. The van der Waals surface area contributed by atoms with Crippen LogP contribution in [0, 0.1) is 0 Å². The Bertz CT molecular complexity index is 302. The minimum Gasteiger partial charge on any atom is -0.492 e. The third kappa shape index (κ3) is 3.84. The minimum absolute atomic E-state index is 0.766. The van der Waals surface area contributed by atoms with Crippen LogP contribution in [-0.4, -0.2) is 13.2 Å². The van der Waals surface area contributed by atoms with Gasteiger partial charge in [-0.3, -0.25) is 0 Å². The third-order valence-electron chi connectivity index (χ3n) is 2.06. The topological polar surface area (TPSA) is 21.3 Å². The average Bonchev–Trinajstić information content (AvgIpc) is 2.25. The number of halogens is 1. The summed E-state index contributed by atoms with van der Waals surface area (Å²) in [6, 6.07) is 6.15. The quantitative estimate of drug-likeness (QED) is 0.857. The lowest BCUT2D eigenvalue weighted by atomic mass is 10.2. The summed E-state index contributed by atoms with van der Waals surface area (Å²) >= 11 is 3.52. The molecule has 1 aromatic rings. The van der Waals surface area contributed by atoms with Gasteiger partial charge in [-0.15, -0.1) is 0 Å². The van der Waals surface area contributed by atoms with Gasteiger partial charge in [-0.25, -0.2) is 0 Å². The summed E-state index contributed by atoms with van der Waals surface area (Å²) in [6.07, 6.45) is 1.03. The van der Waals surface area contributed by atoms with Gasteiger partial charge in [0.2, 0.25) is 0 Å². The highest BCUT2D eigenvalue weighted by Crippen LogP contribution is 2.29. The standard InChI is InChI=1S/C12H18BrNO/c1-3-8-15-12-10(9-14-4-2)6-5-7-11(12)13/h5-7,14H,3-4,8-9H2,1-2H3. The van der Waals surface area contributed by atoms with Crippen LogP contribution in [0.15, 0.2) is 22.7 Å². The second-order valence-corrected chi connectivity index (χ2v) is 4.21. The number of hydrogen-bond donors (Lipinski definition) is 1. The molecule has 0 heterocycles. The van der Waals surface area contributed by atoms with Crippen LogP contribution in [0.2, 0.25) is 0 Å². The SMILES string of the molecule is CCCOc1c(Br)cccc1CNCC. The molecule has 0 spiro atoms. The van der Waals surface area contributed by atoms with Crippen LogP contribution in [0.4, 0.5) is 0 Å². The van der Waals surface area contributed by atoms with Crippen molar-refractivity contribution in [2.75, 3.05) is 13.2 Å². The van der Waals surface area contributed by atoms with Gasteiger partial charge in [0.05, 0.1) is 11.1 Å². The van der Waals surface area contributed by atoms with E-state index in [1.165, 1.54) is 5.56 Å². The molecule has 0 aliphatic carbocycles. The number of hydrogen-bond acceptors (Lipinski definition) is 2. The van der Waals surface area contributed by atoms with Gasteiger partial charge in [-0.1, -0.05) is 26.0 Å². The van der Waals surface area contributed by atoms with Gasteiger partial charge in [0.1, 0.15) is 5.75 Å². The molecule has 0 radical (unpaired) electrons. The second-order valence-electron chi connectivity index (χ2n) is 3.36. The summed E-state index contributed by atoms with van der Waals surface area (Å²) in [6.45, 7) is 6.81. The highest BCUT2D eigenvalue weighted by atomic mass is 79.9. The van der Waals surface area contributed by atoms with Gasteiger partial charge in [0.15, 0.2) is 0 Å². The second kappa shape index (κ2) is 6.85. The molecule has 0 unspecified atom stereocenters. The van der Waals surface area contributed by atoms with Crippen molar-refractivity contribution < 1.29 is 4.74 Å². The number of para-hydroxylation sites is 1. The first-order valence-electron chi connectivity index (χ1n) is 5.40. The van der Waals surface area contributed by atoms with E-state index in [2.05, 4.69) is 41.2 Å². The minimum atomic E-state index is 0.766. The summed E-state index contributed by atoms with van der Waals surface area (Å²) < 4.78 is 6.76. The molecule has 0 saturated carbocycles. The van der Waals surface area contributed by atoms with Crippen LogP contribution in [0.3, 0.4) is 0 Å². The van der Waals surface area contributed by atoms with E-state index in [4.69, 9.17) is 4.74 Å². The van der Waals surface area contributed by atoms with E-state index in [-0.39, 0.29) is 0 Å². The Balaban J connectivity index is 2.77. The number of ether oxygens (including phenoxy) is 1. The number of benzene rings is 1. The largest absolute Gasteiger partial charge is 0.492 e. The maximum absolute atomic E-state index is 5.73. The zero-order chi connectivity index (χ0) is 11.1. The monoisotopic (exact) mass is 271 g/mol. The molecule has 84 valence electrons. The molecule has 0 atom stereocenters. The normalized spacial score (nSPS) is 10.3. The zero-order valence-corrected chi connectivity index (χ0v) is 10.9. The highest BCUT2D eigenvalue weighted by molar-refractivity contribution is 9.10. The van der Waals surface area contributed by atoms with Gasteiger partial charge >= 0.3 is 0 Å². The lowest BCUT2D eigenvalue weighted by molar-refractivity contribution is 0.311. The summed E-state index contributed by atoms with van der Waals surface area (Å²) in [5.74, 6) is 0.973. The molecular weight excluding hydrogens is 254 g/mol. The first-order chi connectivity index (χ1) is 7.29. The highest BCUT2D eigenvalue weighted by Gasteiger charge is 2.06. The van der Waals surface area contributed by atoms with Crippen molar-refractivity contribution in [2.24, 2.45) is 0 Å². The maximum atomic E-state index is 5.73. The molecule has 0 saturated heterocycles. The first-order valence-corrected chi connectivity index (χ1v) is 6.19. The van der Waals surface area contributed by atoms with Crippen LogP contribution in [0.1, 0.15) is 25.8 Å². The molecule has 3 heteroatoms. The third-order valence-corrected chi connectivity index (χ3v) is 2.69. The Morgan fingerprint density at radius 3 is 2.80 bits per heavy atom. The summed E-state index contributed by atoms with van der Waals surface area (Å²) in [7, 11) is 0. The lowest BCUT2D eigenvalue weighted by Gasteiger charge is -2.12. The maximum Gasteiger partial charge on any atom is 0.137 e. The molecule has 2 nitrogen and oxygen atoms in total. The zero-order valence-electron chi connectivity index (χ0n) is 9.35. The molecule has 0 aliphatic heterocycles. The molecule has 0 fully saturated rings. The summed E-state index contributed by atoms with van der Waals surface area (Å²) in [4.78, 5) is 0. The van der Waals surface area contributed by atoms with Crippen LogP contribution in [-0.2, 0) is 6.54 Å². The van der Waals surface area contributed by atoms with Crippen molar-refractivity contribution in [3.63, 3.8) is 0 Å². The molecule has 1 N–H and O–H groups in total. The van der Waals surface area contributed by atoms with E-state index in [9.17, 15) is 0 Å². The smallest absolute Gasteiger partial charge is 0.137 e. The molecule has 15 heavy (non-hydrogen) atoms. The molecule has 0 bridgehead atoms. The summed E-state index contributed by atoms with van der Waals surface area (Å²) in [5.41, 5.74) is 1.21. The van der Waals surface area contributed by atoms with E-state index in [1.807, 2.05) is 12.1 Å². The Labute approximate surface area is 100 Å². The van der Waals surface area contributed by atoms with Crippen LogP contribution in [0.25, 0.3) is 0 Å². The molecule has 0 aromatic heterocycles. The summed E-state index contributed by atoms with van der Waals surface area (Å²) in [5, 5.41) is 3.31. The van der Waals surface area contributed by atoms with E-state index in [0.29, 0.717) is 0 Å². The molecule has 0 aliphatic rings. The van der Waals surface area contributed by atoms with E-state index in [1.54, 1.807) is 0 Å². The van der Waals surface area contributed by atoms with Crippen LogP contribution >= 0.6 is 15.9 Å². The fourth-order valence-electron chi connectivity index (χ4n) is 1.32. The average molecular weight is 272 g/mol. The van der Waals surface area contributed by atoms with Gasteiger partial charge in [-0.2, -0.15) is 0 Å². The van der Waals surface area contributed by atoms with Crippen molar-refractivity contribution in [3.8, 4) is 5.75 Å². The Morgan fingerprint density at radius 1 is 1.33 bits per heavy atom. The first kappa shape index (κ1) is 12.5.